The molecule has 2 heteroatoms. The topological polar surface area (TPSA) is 13.1 Å². The summed E-state index contributed by atoms with van der Waals surface area (Å²) in [6.07, 6.45) is 8.06. The zero-order chi connectivity index (χ0) is 36.9. The third-order valence-corrected chi connectivity index (χ3v) is 14.2. The molecule has 4 fully saturated rings. The molecule has 11 rings (SSSR count). The molecule has 0 aliphatic heterocycles. The fourth-order valence-corrected chi connectivity index (χ4v) is 12.7. The molecule has 4 saturated carbocycles. The van der Waals surface area contributed by atoms with E-state index in [1.54, 1.807) is 11.1 Å². The molecule has 2 unspecified atom stereocenters. The van der Waals surface area contributed by atoms with Gasteiger partial charge in [0.25, 0.3) is 0 Å². The zero-order valence-corrected chi connectivity index (χ0v) is 32.9. The average molecular weight is 703 g/mol. The Labute approximate surface area is 321 Å². The van der Waals surface area contributed by atoms with Crippen molar-refractivity contribution in [3.8, 4) is 11.1 Å². The summed E-state index contributed by atoms with van der Waals surface area (Å²) in [5, 5.41) is 2.38. The molecular formula is C52H51BO. The van der Waals surface area contributed by atoms with Gasteiger partial charge in [0.2, 0.25) is 6.71 Å². The molecule has 4 aliphatic rings. The molecule has 6 aromatic carbocycles. The highest BCUT2D eigenvalue weighted by Gasteiger charge is 2.58. The van der Waals surface area contributed by atoms with Crippen molar-refractivity contribution in [1.82, 2.24) is 0 Å². The lowest BCUT2D eigenvalue weighted by molar-refractivity contribution is -0.0281. The number of para-hydroxylation sites is 1. The molecule has 2 atom stereocenters. The fourth-order valence-electron chi connectivity index (χ4n) is 12.7. The third kappa shape index (κ3) is 5.35. The maximum absolute atomic E-state index is 6.13. The Morgan fingerprint density at radius 2 is 0.981 bits per heavy atom. The fraction of sp³-hybridized carbons (Fsp3) is 0.308. The van der Waals surface area contributed by atoms with Crippen molar-refractivity contribution in [3.05, 3.63) is 160 Å². The molecule has 0 radical (unpaired) electrons. The highest BCUT2D eigenvalue weighted by atomic mass is 16.3. The van der Waals surface area contributed by atoms with E-state index in [-0.39, 0.29) is 17.5 Å². The quantitative estimate of drug-likeness (QED) is 0.157. The van der Waals surface area contributed by atoms with Crippen LogP contribution in [0, 0.1) is 53.4 Å². The van der Waals surface area contributed by atoms with Crippen LogP contribution in [0.3, 0.4) is 0 Å². The van der Waals surface area contributed by atoms with E-state index in [1.165, 1.54) is 110 Å². The predicted molar refractivity (Wildman–Crippen MR) is 230 cm³/mol. The lowest BCUT2D eigenvalue weighted by atomic mass is 9.34. The number of aryl methyl sites for hydroxylation is 6. The van der Waals surface area contributed by atoms with E-state index in [9.17, 15) is 0 Å². The summed E-state index contributed by atoms with van der Waals surface area (Å²) < 4.78 is 6.13. The molecule has 1 heterocycles. The molecule has 1 aromatic heterocycles. The van der Waals surface area contributed by atoms with Crippen molar-refractivity contribution in [3.63, 3.8) is 0 Å². The first kappa shape index (κ1) is 33.7. The van der Waals surface area contributed by atoms with Crippen LogP contribution in [0.25, 0.3) is 33.1 Å². The van der Waals surface area contributed by atoms with Gasteiger partial charge in [-0.3, -0.25) is 0 Å². The van der Waals surface area contributed by atoms with Crippen molar-refractivity contribution in [2.75, 3.05) is 0 Å². The number of hydrogen-bond acceptors (Lipinski definition) is 1. The summed E-state index contributed by atoms with van der Waals surface area (Å²) in [5.41, 5.74) is 20.7. The van der Waals surface area contributed by atoms with Crippen LogP contribution in [-0.2, 0) is 10.8 Å². The largest absolute Gasteiger partial charge is 0.456 e. The molecule has 7 aromatic rings. The van der Waals surface area contributed by atoms with Crippen LogP contribution in [0.5, 0.6) is 0 Å². The van der Waals surface area contributed by atoms with E-state index in [0.29, 0.717) is 0 Å². The van der Waals surface area contributed by atoms with Gasteiger partial charge in [-0.05, 0) is 143 Å². The predicted octanol–water partition coefficient (Wildman–Crippen LogP) is 11.4. The Balaban J connectivity index is 0.993. The molecule has 54 heavy (non-hydrogen) atoms. The van der Waals surface area contributed by atoms with Crippen molar-refractivity contribution >= 4 is 45.0 Å². The summed E-state index contributed by atoms with van der Waals surface area (Å²) in [6.45, 7) is 13.9. The molecule has 0 saturated heterocycles. The minimum atomic E-state index is 0.217. The maximum Gasteiger partial charge on any atom is 0.242 e. The molecule has 4 bridgehead atoms. The molecule has 0 N–H and O–H groups in total. The van der Waals surface area contributed by atoms with Crippen LogP contribution in [0.4, 0.5) is 0 Å². The summed E-state index contributed by atoms with van der Waals surface area (Å²) in [6, 6.07) is 44.5. The Morgan fingerprint density at radius 3 is 1.54 bits per heavy atom. The number of hydrogen-bond donors (Lipinski definition) is 0. The maximum atomic E-state index is 6.13. The molecule has 268 valence electrons. The molecule has 4 aliphatic carbocycles. The first-order valence-electron chi connectivity index (χ1n) is 20.4. The van der Waals surface area contributed by atoms with Crippen LogP contribution < -0.4 is 16.4 Å². The number of rotatable bonds is 6. The van der Waals surface area contributed by atoms with Crippen molar-refractivity contribution in [1.29, 1.82) is 0 Å². The van der Waals surface area contributed by atoms with Gasteiger partial charge in [-0.2, -0.15) is 0 Å². The van der Waals surface area contributed by atoms with Gasteiger partial charge in [0.1, 0.15) is 11.2 Å². The lowest BCUT2D eigenvalue weighted by Gasteiger charge is -2.63. The number of furan rings is 1. The van der Waals surface area contributed by atoms with Crippen LogP contribution in [0.15, 0.2) is 120 Å². The van der Waals surface area contributed by atoms with Crippen LogP contribution in [-0.4, -0.2) is 6.71 Å². The standard InChI is InChI=1S/C52H51BO/c1-32-21-34(3)49(35(4)22-32)53(50-36(5)23-33(2)24-37(50)6)44-18-16-43(17-19-44)52-29-38-25-39(30-52)28-51(27-38,31-52)42-14-11-40(12-15-42)41-13-20-48-46(26-41)45-9-7-8-10-47(45)54-48/h7-24,26,38-39H,25,27-31H2,1-6H3. The van der Waals surface area contributed by atoms with Crippen LogP contribution >= 0.6 is 0 Å². The van der Waals surface area contributed by atoms with Gasteiger partial charge in [0, 0.05) is 10.8 Å². The van der Waals surface area contributed by atoms with E-state index in [1.807, 2.05) is 6.07 Å². The monoisotopic (exact) mass is 702 g/mol. The highest BCUT2D eigenvalue weighted by Crippen LogP contribution is 2.66. The Morgan fingerprint density at radius 1 is 0.500 bits per heavy atom. The first-order valence-corrected chi connectivity index (χ1v) is 20.4. The SMILES string of the molecule is Cc1cc(C)c(B(c2ccc(C34CC5CC(C3)CC(c3ccc(-c6ccc7oc8ccccc8c7c6)cc3)(C5)C4)cc2)c2c(C)cc(C)cc2C)c(C)c1. The molecule has 0 spiro atoms. The van der Waals surface area contributed by atoms with Gasteiger partial charge in [0.15, 0.2) is 0 Å². The number of benzene rings is 6. The van der Waals surface area contributed by atoms with Crippen molar-refractivity contribution in [2.24, 2.45) is 11.8 Å². The lowest BCUT2D eigenvalue weighted by Crippen LogP contribution is -2.57. The van der Waals surface area contributed by atoms with Crippen LogP contribution in [0.1, 0.15) is 83.0 Å². The minimum Gasteiger partial charge on any atom is -0.456 e. The second-order valence-corrected chi connectivity index (χ2v) is 18.1. The van der Waals surface area contributed by atoms with Crippen LogP contribution in [0.2, 0.25) is 0 Å². The minimum absolute atomic E-state index is 0.217. The van der Waals surface area contributed by atoms with Gasteiger partial charge in [-0.15, -0.1) is 0 Å². The zero-order valence-electron chi connectivity index (χ0n) is 32.9. The van der Waals surface area contributed by atoms with E-state index < -0.39 is 0 Å². The van der Waals surface area contributed by atoms with Gasteiger partial charge in [-0.1, -0.05) is 147 Å². The van der Waals surface area contributed by atoms with Gasteiger partial charge in [-0.25, -0.2) is 0 Å². The van der Waals surface area contributed by atoms with E-state index in [2.05, 4.69) is 151 Å². The van der Waals surface area contributed by atoms with Gasteiger partial charge >= 0.3 is 0 Å². The summed E-state index contributed by atoms with van der Waals surface area (Å²) >= 11 is 0. The van der Waals surface area contributed by atoms with E-state index in [4.69, 9.17) is 4.42 Å². The Bertz CT molecular complexity index is 2470. The molecular weight excluding hydrogens is 651 g/mol. The smallest absolute Gasteiger partial charge is 0.242 e. The van der Waals surface area contributed by atoms with E-state index in [0.717, 1.165) is 23.0 Å². The van der Waals surface area contributed by atoms with Gasteiger partial charge < -0.3 is 4.42 Å². The summed E-state index contributed by atoms with van der Waals surface area (Å²) in [5.74, 6) is 1.62. The summed E-state index contributed by atoms with van der Waals surface area (Å²) in [7, 11) is 0. The average Bonchev–Trinajstić information content (AvgIpc) is 3.51. The first-order chi connectivity index (χ1) is 26.1. The van der Waals surface area contributed by atoms with Crippen molar-refractivity contribution in [2.45, 2.75) is 90.9 Å². The number of fused-ring (bicyclic) bond motifs is 3. The summed E-state index contributed by atoms with van der Waals surface area (Å²) in [4.78, 5) is 0. The Hall–Kier alpha value is -4.82. The third-order valence-electron chi connectivity index (χ3n) is 14.2. The second-order valence-electron chi connectivity index (χ2n) is 18.1. The molecule has 1 nitrogen and oxygen atoms in total. The van der Waals surface area contributed by atoms with E-state index >= 15 is 0 Å². The van der Waals surface area contributed by atoms with Gasteiger partial charge in [0.05, 0.1) is 0 Å². The molecule has 0 amide bonds. The Kier molecular flexibility index (Phi) is 7.72. The van der Waals surface area contributed by atoms with Crippen molar-refractivity contribution < 1.29 is 4.42 Å². The highest BCUT2D eigenvalue weighted by molar-refractivity contribution is 6.96. The second kappa shape index (κ2) is 12.4. The normalized spacial score (nSPS) is 23.1.